The van der Waals surface area contributed by atoms with Crippen LogP contribution in [0.3, 0.4) is 0 Å². The molecule has 1 N–H and O–H groups in total. The molecule has 0 saturated heterocycles. The Balaban J connectivity index is -0.0000000275. The molecule has 2 nitrogen and oxygen atoms in total. The minimum Gasteiger partial charge on any atom is -0.857 e. The Hall–Kier alpha value is 1.56. The van der Waals surface area contributed by atoms with Gasteiger partial charge in [0.1, 0.15) is 0 Å². The molecular weight excluding hydrogens is 107 g/mol. The molecule has 0 aromatic rings. The van der Waals surface area contributed by atoms with E-state index in [1.165, 1.54) is 0 Å². The molecule has 0 bridgehead atoms. The second-order valence-electron chi connectivity index (χ2n) is 0.316. The summed E-state index contributed by atoms with van der Waals surface area (Å²) >= 11 is 0. The van der Waals surface area contributed by atoms with Crippen LogP contribution in [0.4, 0.5) is 0 Å². The second kappa shape index (κ2) is 31.0. The van der Waals surface area contributed by atoms with E-state index in [-0.39, 0.29) is 58.0 Å². The van der Waals surface area contributed by atoms with Gasteiger partial charge in [-0.3, -0.25) is 0 Å². The summed E-state index contributed by atoms with van der Waals surface area (Å²) in [4.78, 5) is 0. The number of hydrogen-bond donors (Lipinski definition) is 1. The van der Waals surface area contributed by atoms with Gasteiger partial charge in [0.15, 0.2) is 0 Å². The summed E-state index contributed by atoms with van der Waals surface area (Å²) in [6.45, 7) is 1.93. The fraction of sp³-hybridized carbons (Fsp3) is 1.00. The predicted molar refractivity (Wildman–Crippen MR) is 18.7 cm³/mol. The van der Waals surface area contributed by atoms with Gasteiger partial charge in [-0.15, -0.1) is 0 Å². The molecule has 0 aliphatic rings. The average molecular weight is 116 g/mol. The molecular formula is C3H9KO2. The van der Waals surface area contributed by atoms with Gasteiger partial charge in [0, 0.05) is 6.61 Å². The van der Waals surface area contributed by atoms with Crippen molar-refractivity contribution in [1.82, 2.24) is 0 Å². The maximum atomic E-state index is 8.25. The van der Waals surface area contributed by atoms with Crippen molar-refractivity contribution < 1.29 is 61.6 Å². The summed E-state index contributed by atoms with van der Waals surface area (Å²) in [7, 11) is 0.750. The Morgan fingerprint density at radius 3 is 1.50 bits per heavy atom. The van der Waals surface area contributed by atoms with E-state index in [4.69, 9.17) is 10.2 Å². The zero-order valence-corrected chi connectivity index (χ0v) is 7.69. The largest absolute Gasteiger partial charge is 1.00 e. The van der Waals surface area contributed by atoms with Crippen LogP contribution in [-0.2, 0) is 0 Å². The minimum absolute atomic E-state index is 0. The normalized spacial score (nSPS) is 4.00. The maximum Gasteiger partial charge on any atom is 1.00 e. The Morgan fingerprint density at radius 2 is 1.50 bits per heavy atom. The van der Waals surface area contributed by atoms with Crippen LogP contribution < -0.4 is 56.5 Å². The van der Waals surface area contributed by atoms with Crippen molar-refractivity contribution in [1.29, 1.82) is 0 Å². The van der Waals surface area contributed by atoms with E-state index >= 15 is 0 Å². The van der Waals surface area contributed by atoms with E-state index in [0.29, 0.717) is 0 Å². The molecule has 0 aliphatic carbocycles. The van der Waals surface area contributed by atoms with Gasteiger partial charge in [-0.2, -0.15) is 7.11 Å². The van der Waals surface area contributed by atoms with Crippen molar-refractivity contribution in [3.05, 3.63) is 0 Å². The van der Waals surface area contributed by atoms with E-state index in [1.807, 2.05) is 0 Å². The summed E-state index contributed by atoms with van der Waals surface area (Å²) in [5, 5.41) is 15.8. The number of rotatable bonds is 0. The average Bonchev–Trinajstić information content (AvgIpc) is 1.46. The van der Waals surface area contributed by atoms with Crippen LogP contribution in [0.5, 0.6) is 0 Å². The molecule has 0 fully saturated rings. The fourth-order valence-corrected chi connectivity index (χ4v) is 0. The molecule has 0 aromatic heterocycles. The third-order valence-electron chi connectivity index (χ3n) is 0. The predicted octanol–water partition coefficient (Wildman–Crippen LogP) is -4.02. The standard InChI is InChI=1S/C2H6O.CH3O.K/c1-2-3;1-2;/h3H,2H2,1H3;1H3;/q;-1;+1. The topological polar surface area (TPSA) is 43.3 Å². The first-order valence-electron chi connectivity index (χ1n) is 1.43. The number of aliphatic hydroxyl groups excluding tert-OH is 1. The van der Waals surface area contributed by atoms with E-state index in [1.54, 1.807) is 6.92 Å². The van der Waals surface area contributed by atoms with Gasteiger partial charge in [-0.25, -0.2) is 0 Å². The van der Waals surface area contributed by atoms with Crippen LogP contribution in [0.15, 0.2) is 0 Å². The first-order valence-corrected chi connectivity index (χ1v) is 1.43. The summed E-state index contributed by atoms with van der Waals surface area (Å²) in [6.07, 6.45) is 0. The second-order valence-corrected chi connectivity index (χ2v) is 0.316. The molecule has 0 radical (unpaired) electrons. The monoisotopic (exact) mass is 116 g/mol. The third-order valence-corrected chi connectivity index (χ3v) is 0. The molecule has 3 heteroatoms. The van der Waals surface area contributed by atoms with Crippen LogP contribution in [0, 0.1) is 0 Å². The Bertz CT molecular complexity index is 8.75. The van der Waals surface area contributed by atoms with E-state index in [0.717, 1.165) is 7.11 Å². The van der Waals surface area contributed by atoms with Gasteiger partial charge in [0.05, 0.1) is 0 Å². The minimum atomic E-state index is 0. The van der Waals surface area contributed by atoms with Gasteiger partial charge in [-0.05, 0) is 6.92 Å². The van der Waals surface area contributed by atoms with E-state index in [9.17, 15) is 0 Å². The van der Waals surface area contributed by atoms with Crippen molar-refractivity contribution in [3.8, 4) is 0 Å². The first kappa shape index (κ1) is 15.6. The first-order chi connectivity index (χ1) is 2.41. The summed E-state index contributed by atoms with van der Waals surface area (Å²) < 4.78 is 0. The van der Waals surface area contributed by atoms with Gasteiger partial charge in [-0.1, -0.05) is 0 Å². The fourth-order valence-electron chi connectivity index (χ4n) is 0. The SMILES string of the molecule is CCO.C[O-].[K+]. The van der Waals surface area contributed by atoms with Crippen molar-refractivity contribution in [3.63, 3.8) is 0 Å². The van der Waals surface area contributed by atoms with Crippen molar-refractivity contribution in [2.24, 2.45) is 0 Å². The van der Waals surface area contributed by atoms with Crippen molar-refractivity contribution in [2.75, 3.05) is 13.7 Å². The van der Waals surface area contributed by atoms with Gasteiger partial charge < -0.3 is 10.2 Å². The zero-order valence-electron chi connectivity index (χ0n) is 4.56. The molecule has 0 atom stereocenters. The Labute approximate surface area is 81.0 Å². The molecule has 0 rings (SSSR count). The molecule has 0 amide bonds. The van der Waals surface area contributed by atoms with Crippen LogP contribution in [0.2, 0.25) is 0 Å². The number of aliphatic hydroxyl groups is 1. The van der Waals surface area contributed by atoms with Crippen LogP contribution >= 0.6 is 0 Å². The Kier molecular flexibility index (Phi) is 80.8. The maximum absolute atomic E-state index is 8.25. The van der Waals surface area contributed by atoms with Gasteiger partial charge >= 0.3 is 51.4 Å². The molecule has 0 saturated carbocycles. The molecule has 0 aliphatic heterocycles. The molecule has 0 aromatic carbocycles. The molecule has 0 heterocycles. The molecule has 6 heavy (non-hydrogen) atoms. The third kappa shape index (κ3) is 47.6. The molecule has 0 unspecified atom stereocenters. The number of hydrogen-bond acceptors (Lipinski definition) is 2. The van der Waals surface area contributed by atoms with E-state index in [2.05, 4.69) is 0 Å². The van der Waals surface area contributed by atoms with Crippen molar-refractivity contribution >= 4 is 0 Å². The van der Waals surface area contributed by atoms with E-state index < -0.39 is 0 Å². The Morgan fingerprint density at radius 1 is 1.50 bits per heavy atom. The van der Waals surface area contributed by atoms with Gasteiger partial charge in [0.25, 0.3) is 0 Å². The molecule has 0 spiro atoms. The summed E-state index contributed by atoms with van der Waals surface area (Å²) in [6, 6.07) is 0. The van der Waals surface area contributed by atoms with Crippen LogP contribution in [0.25, 0.3) is 0 Å². The molecule has 34 valence electrons. The van der Waals surface area contributed by atoms with Crippen LogP contribution in [0.1, 0.15) is 6.92 Å². The van der Waals surface area contributed by atoms with Crippen LogP contribution in [-0.4, -0.2) is 18.8 Å². The summed E-state index contributed by atoms with van der Waals surface area (Å²) in [5.41, 5.74) is 0. The smallest absolute Gasteiger partial charge is 0.857 e. The van der Waals surface area contributed by atoms with Crippen molar-refractivity contribution in [2.45, 2.75) is 6.92 Å². The van der Waals surface area contributed by atoms with Gasteiger partial charge in [0.2, 0.25) is 0 Å². The summed E-state index contributed by atoms with van der Waals surface area (Å²) in [5.74, 6) is 0. The zero-order chi connectivity index (χ0) is 4.71. The quantitative estimate of drug-likeness (QED) is 0.328.